The van der Waals surface area contributed by atoms with Gasteiger partial charge in [-0.15, -0.1) is 0 Å². The largest absolute Gasteiger partial charge is 0.480 e. The molecule has 0 spiro atoms. The monoisotopic (exact) mass is 315 g/mol. The number of carboxylic acids is 1. The topological polar surface area (TPSA) is 92.5 Å². The highest BCUT2D eigenvalue weighted by molar-refractivity contribution is 7.89. The Morgan fingerprint density at radius 1 is 1.43 bits per heavy atom. The molecule has 1 unspecified atom stereocenters. The van der Waals surface area contributed by atoms with E-state index in [1.165, 1.54) is 16.7 Å². The maximum Gasteiger partial charge on any atom is 0.325 e. The molecule has 0 aromatic carbocycles. The fourth-order valence-electron chi connectivity index (χ4n) is 2.64. The molecule has 8 heteroatoms. The number of aromatic nitrogens is 2. The molecule has 0 radical (unpaired) electrons. The van der Waals surface area contributed by atoms with E-state index >= 15 is 0 Å². The summed E-state index contributed by atoms with van der Waals surface area (Å²) < 4.78 is 27.7. The van der Waals surface area contributed by atoms with Gasteiger partial charge < -0.3 is 5.11 Å². The second kappa shape index (κ2) is 6.57. The molecule has 2 rings (SSSR count). The molecule has 1 aromatic rings. The Kier molecular flexibility index (Phi) is 5.00. The zero-order valence-electron chi connectivity index (χ0n) is 12.1. The summed E-state index contributed by atoms with van der Waals surface area (Å²) in [7, 11) is -3.57. The minimum Gasteiger partial charge on any atom is -0.480 e. The first-order chi connectivity index (χ1) is 9.93. The Labute approximate surface area is 124 Å². The minimum absolute atomic E-state index is 0.0682. The van der Waals surface area contributed by atoms with E-state index in [9.17, 15) is 13.2 Å². The summed E-state index contributed by atoms with van der Waals surface area (Å²) in [5, 5.41) is 12.5. The molecule has 0 aliphatic carbocycles. The van der Waals surface area contributed by atoms with Gasteiger partial charge in [0.05, 0.1) is 6.20 Å². The van der Waals surface area contributed by atoms with Crippen molar-refractivity contribution in [3.05, 3.63) is 12.4 Å². The van der Waals surface area contributed by atoms with Crippen LogP contribution in [0.3, 0.4) is 0 Å². The molecule has 0 saturated carbocycles. The summed E-state index contributed by atoms with van der Waals surface area (Å²) in [6.07, 6.45) is 6.37. The lowest BCUT2D eigenvalue weighted by molar-refractivity contribution is -0.137. The van der Waals surface area contributed by atoms with Gasteiger partial charge in [-0.3, -0.25) is 9.48 Å². The Morgan fingerprint density at radius 2 is 2.19 bits per heavy atom. The van der Waals surface area contributed by atoms with Gasteiger partial charge in [0.1, 0.15) is 11.4 Å². The number of nitrogens with zero attached hydrogens (tertiary/aromatic N) is 3. The number of hydrogen-bond donors (Lipinski definition) is 1. The fourth-order valence-corrected chi connectivity index (χ4v) is 4.09. The van der Waals surface area contributed by atoms with Gasteiger partial charge in [-0.1, -0.05) is 13.3 Å². The quantitative estimate of drug-likeness (QED) is 0.880. The normalized spacial score (nSPS) is 21.1. The van der Waals surface area contributed by atoms with Crippen molar-refractivity contribution in [2.75, 3.05) is 13.1 Å². The van der Waals surface area contributed by atoms with Crippen LogP contribution in [0.4, 0.5) is 0 Å². The van der Waals surface area contributed by atoms with Crippen LogP contribution in [0.1, 0.15) is 32.6 Å². The number of hydrogen-bond acceptors (Lipinski definition) is 4. The Morgan fingerprint density at radius 3 is 2.86 bits per heavy atom. The summed E-state index contributed by atoms with van der Waals surface area (Å²) in [6, 6.07) is 0. The second-order valence-electron chi connectivity index (χ2n) is 5.38. The minimum atomic E-state index is -3.57. The van der Waals surface area contributed by atoms with Crippen LogP contribution in [0, 0.1) is 5.92 Å². The fraction of sp³-hybridized carbons (Fsp3) is 0.692. The molecule has 7 nitrogen and oxygen atoms in total. The van der Waals surface area contributed by atoms with E-state index in [-0.39, 0.29) is 11.4 Å². The molecule has 1 saturated heterocycles. The van der Waals surface area contributed by atoms with Crippen molar-refractivity contribution in [1.29, 1.82) is 0 Å². The zero-order valence-corrected chi connectivity index (χ0v) is 12.9. The van der Waals surface area contributed by atoms with Gasteiger partial charge >= 0.3 is 5.97 Å². The highest BCUT2D eigenvalue weighted by atomic mass is 32.2. The summed E-state index contributed by atoms with van der Waals surface area (Å²) in [5.41, 5.74) is 0. The van der Waals surface area contributed by atoms with E-state index in [0.29, 0.717) is 19.0 Å². The van der Waals surface area contributed by atoms with Gasteiger partial charge in [-0.2, -0.15) is 9.40 Å². The van der Waals surface area contributed by atoms with Gasteiger partial charge in [-0.25, -0.2) is 8.42 Å². The first-order valence-corrected chi connectivity index (χ1v) is 8.62. The highest BCUT2D eigenvalue weighted by Gasteiger charge is 2.28. The highest BCUT2D eigenvalue weighted by Crippen LogP contribution is 2.24. The van der Waals surface area contributed by atoms with Gasteiger partial charge in [-0.05, 0) is 25.2 Å². The van der Waals surface area contributed by atoms with Crippen LogP contribution in [-0.4, -0.2) is 46.7 Å². The summed E-state index contributed by atoms with van der Waals surface area (Å²) >= 11 is 0. The third kappa shape index (κ3) is 3.82. The van der Waals surface area contributed by atoms with E-state index < -0.39 is 16.0 Å². The van der Waals surface area contributed by atoms with Crippen molar-refractivity contribution >= 4 is 16.0 Å². The predicted molar refractivity (Wildman–Crippen MR) is 76.3 cm³/mol. The molecular weight excluding hydrogens is 294 g/mol. The Balaban J connectivity index is 2.13. The molecule has 118 valence electrons. The van der Waals surface area contributed by atoms with Gasteiger partial charge in [0.25, 0.3) is 0 Å². The lowest BCUT2D eigenvalue weighted by Crippen LogP contribution is -2.32. The maximum absolute atomic E-state index is 12.6. The zero-order chi connectivity index (χ0) is 15.5. The van der Waals surface area contributed by atoms with E-state index in [1.54, 1.807) is 0 Å². The second-order valence-corrected chi connectivity index (χ2v) is 7.31. The SMILES string of the molecule is CCC1CCCN(S(=O)(=O)c2cnn(CC(=O)O)c2)CC1. The van der Waals surface area contributed by atoms with Crippen molar-refractivity contribution in [3.63, 3.8) is 0 Å². The summed E-state index contributed by atoms with van der Waals surface area (Å²) in [5.74, 6) is -0.470. The number of carboxylic acid groups (broad SMARTS) is 1. The van der Waals surface area contributed by atoms with Crippen molar-refractivity contribution in [3.8, 4) is 0 Å². The van der Waals surface area contributed by atoms with E-state index in [4.69, 9.17) is 5.11 Å². The number of carbonyl (C=O) groups is 1. The molecule has 0 amide bonds. The van der Waals surface area contributed by atoms with Crippen LogP contribution < -0.4 is 0 Å². The summed E-state index contributed by atoms with van der Waals surface area (Å²) in [4.78, 5) is 10.7. The van der Waals surface area contributed by atoms with Crippen LogP contribution in [0.2, 0.25) is 0 Å². The van der Waals surface area contributed by atoms with Crippen molar-refractivity contribution in [2.45, 2.75) is 44.0 Å². The Hall–Kier alpha value is -1.41. The van der Waals surface area contributed by atoms with Crippen LogP contribution >= 0.6 is 0 Å². The first-order valence-electron chi connectivity index (χ1n) is 7.18. The van der Waals surface area contributed by atoms with Gasteiger partial charge in [0.15, 0.2) is 0 Å². The molecule has 1 aromatic heterocycles. The van der Waals surface area contributed by atoms with Crippen LogP contribution in [0.25, 0.3) is 0 Å². The summed E-state index contributed by atoms with van der Waals surface area (Å²) in [6.45, 7) is 2.83. The average molecular weight is 315 g/mol. The third-order valence-electron chi connectivity index (χ3n) is 3.93. The molecule has 2 heterocycles. The van der Waals surface area contributed by atoms with E-state index in [2.05, 4.69) is 12.0 Å². The first kappa shape index (κ1) is 16.0. The van der Waals surface area contributed by atoms with E-state index in [1.807, 2.05) is 0 Å². The van der Waals surface area contributed by atoms with Gasteiger partial charge in [0, 0.05) is 19.3 Å². The molecule has 0 bridgehead atoms. The van der Waals surface area contributed by atoms with Crippen LogP contribution in [0.5, 0.6) is 0 Å². The number of aliphatic carboxylic acids is 1. The maximum atomic E-state index is 12.6. The molecule has 1 atom stereocenters. The Bertz CT molecular complexity index is 596. The predicted octanol–water partition coefficient (Wildman–Crippen LogP) is 1.17. The van der Waals surface area contributed by atoms with Crippen LogP contribution in [0.15, 0.2) is 17.3 Å². The molecule has 1 N–H and O–H groups in total. The number of sulfonamides is 1. The molecule has 21 heavy (non-hydrogen) atoms. The van der Waals surface area contributed by atoms with E-state index in [0.717, 1.165) is 30.4 Å². The molecular formula is C13H21N3O4S. The third-order valence-corrected chi connectivity index (χ3v) is 5.78. The molecule has 1 aliphatic heterocycles. The van der Waals surface area contributed by atoms with Crippen molar-refractivity contribution in [1.82, 2.24) is 14.1 Å². The molecule has 1 aliphatic rings. The van der Waals surface area contributed by atoms with Crippen LogP contribution in [-0.2, 0) is 21.4 Å². The molecule has 1 fully saturated rings. The number of rotatable bonds is 5. The standard InChI is InChI=1S/C13H21N3O4S/c1-2-11-4-3-6-16(7-5-11)21(19,20)12-8-14-15(9-12)10-13(17)18/h8-9,11H,2-7,10H2,1H3,(H,17,18). The van der Waals surface area contributed by atoms with Gasteiger partial charge in [0.2, 0.25) is 10.0 Å². The lowest BCUT2D eigenvalue weighted by atomic mass is 9.98. The average Bonchev–Trinajstić information content (AvgIpc) is 2.75. The lowest BCUT2D eigenvalue weighted by Gasteiger charge is -2.19. The smallest absolute Gasteiger partial charge is 0.325 e. The van der Waals surface area contributed by atoms with Crippen molar-refractivity contribution < 1.29 is 18.3 Å². The van der Waals surface area contributed by atoms with Crippen molar-refractivity contribution in [2.24, 2.45) is 5.92 Å².